The van der Waals surface area contributed by atoms with E-state index in [1.54, 1.807) is 11.4 Å². The van der Waals surface area contributed by atoms with Gasteiger partial charge in [0.1, 0.15) is 0 Å². The molecule has 0 aliphatic carbocycles. The molecule has 0 spiro atoms. The lowest BCUT2D eigenvalue weighted by atomic mass is 10.0. The van der Waals surface area contributed by atoms with Crippen molar-refractivity contribution in [1.29, 1.82) is 0 Å². The number of nitrogens with one attached hydrogen (secondary N) is 1. The molecule has 0 radical (unpaired) electrons. The lowest BCUT2D eigenvalue weighted by Gasteiger charge is -2.35. The molecule has 0 bridgehead atoms. The first kappa shape index (κ1) is 15.0. The van der Waals surface area contributed by atoms with E-state index in [1.807, 2.05) is 10.3 Å². The molecule has 1 fully saturated rings. The molecule has 20 heavy (non-hydrogen) atoms. The van der Waals surface area contributed by atoms with Crippen LogP contribution in [0.2, 0.25) is 0 Å². The number of nitrogens with two attached hydrogens (primary N) is 1. The molecule has 6 heteroatoms. The quantitative estimate of drug-likeness (QED) is 0.857. The topological polar surface area (TPSA) is 75.4 Å². The molecule has 1 aliphatic rings. The maximum Gasteiger partial charge on any atom is 0.252 e. The SMILES string of the molecule is NCC1CCCCN1C(=O)CCNC(=O)c1ccsc1. The Balaban J connectivity index is 1.75. The number of carbonyl (C=O) groups excluding carboxylic acids is 2. The second kappa shape index (κ2) is 7.40. The van der Waals surface area contributed by atoms with Crippen molar-refractivity contribution in [3.05, 3.63) is 22.4 Å². The maximum absolute atomic E-state index is 12.2. The smallest absolute Gasteiger partial charge is 0.252 e. The monoisotopic (exact) mass is 295 g/mol. The van der Waals surface area contributed by atoms with Crippen molar-refractivity contribution < 1.29 is 9.59 Å². The van der Waals surface area contributed by atoms with Crippen LogP contribution in [0.15, 0.2) is 16.8 Å². The van der Waals surface area contributed by atoms with Crippen molar-refractivity contribution in [2.45, 2.75) is 31.7 Å². The van der Waals surface area contributed by atoms with Crippen LogP contribution in [0.5, 0.6) is 0 Å². The summed E-state index contributed by atoms with van der Waals surface area (Å²) in [6.07, 6.45) is 3.51. The van der Waals surface area contributed by atoms with Crippen LogP contribution in [-0.2, 0) is 4.79 Å². The average Bonchev–Trinajstić information content (AvgIpc) is 3.01. The molecule has 0 saturated carbocycles. The molecule has 2 rings (SSSR count). The van der Waals surface area contributed by atoms with E-state index < -0.39 is 0 Å². The molecule has 110 valence electrons. The van der Waals surface area contributed by atoms with Crippen molar-refractivity contribution in [3.63, 3.8) is 0 Å². The normalized spacial score (nSPS) is 18.9. The number of carbonyl (C=O) groups is 2. The highest BCUT2D eigenvalue weighted by Crippen LogP contribution is 2.16. The van der Waals surface area contributed by atoms with Crippen LogP contribution in [0.3, 0.4) is 0 Å². The third kappa shape index (κ3) is 3.80. The first-order valence-electron chi connectivity index (χ1n) is 7.02. The number of piperidine rings is 1. The summed E-state index contributed by atoms with van der Waals surface area (Å²) in [5, 5.41) is 6.44. The minimum atomic E-state index is -0.118. The van der Waals surface area contributed by atoms with Crippen LogP contribution in [0.1, 0.15) is 36.0 Å². The standard InChI is InChI=1S/C14H21N3O2S/c15-9-12-3-1-2-7-17(12)13(18)4-6-16-14(19)11-5-8-20-10-11/h5,8,10,12H,1-4,6-7,9,15H2,(H,16,19). The van der Waals surface area contributed by atoms with E-state index in [2.05, 4.69) is 5.32 Å². The van der Waals surface area contributed by atoms with E-state index in [9.17, 15) is 9.59 Å². The summed E-state index contributed by atoms with van der Waals surface area (Å²) in [5.74, 6) is -0.0289. The van der Waals surface area contributed by atoms with E-state index in [0.29, 0.717) is 25.1 Å². The first-order chi connectivity index (χ1) is 9.72. The fraction of sp³-hybridized carbons (Fsp3) is 0.571. The fourth-order valence-electron chi connectivity index (χ4n) is 2.50. The average molecular weight is 295 g/mol. The lowest BCUT2D eigenvalue weighted by molar-refractivity contribution is -0.134. The molecule has 1 unspecified atom stereocenters. The Hall–Kier alpha value is -1.40. The van der Waals surface area contributed by atoms with Crippen molar-refractivity contribution in [2.24, 2.45) is 5.73 Å². The zero-order valence-corrected chi connectivity index (χ0v) is 12.3. The van der Waals surface area contributed by atoms with Gasteiger partial charge in [-0.1, -0.05) is 0 Å². The summed E-state index contributed by atoms with van der Waals surface area (Å²) < 4.78 is 0. The number of thiophene rings is 1. The molecule has 1 aromatic rings. The highest BCUT2D eigenvalue weighted by atomic mass is 32.1. The Kier molecular flexibility index (Phi) is 5.55. The predicted octanol–water partition coefficient (Wildman–Crippen LogP) is 1.21. The van der Waals surface area contributed by atoms with E-state index in [0.717, 1.165) is 25.8 Å². The van der Waals surface area contributed by atoms with Crippen molar-refractivity contribution in [3.8, 4) is 0 Å². The summed E-state index contributed by atoms with van der Waals surface area (Å²) in [5.41, 5.74) is 6.36. The minimum Gasteiger partial charge on any atom is -0.351 e. The number of hydrogen-bond acceptors (Lipinski definition) is 4. The van der Waals surface area contributed by atoms with Gasteiger partial charge < -0.3 is 16.0 Å². The van der Waals surface area contributed by atoms with Gasteiger partial charge in [-0.25, -0.2) is 0 Å². The second-order valence-electron chi connectivity index (χ2n) is 4.99. The van der Waals surface area contributed by atoms with Crippen molar-refractivity contribution >= 4 is 23.2 Å². The van der Waals surface area contributed by atoms with E-state index in [1.165, 1.54) is 11.3 Å². The molecule has 1 saturated heterocycles. The molecular weight excluding hydrogens is 274 g/mol. The van der Waals surface area contributed by atoms with Crippen LogP contribution in [-0.4, -0.2) is 42.4 Å². The summed E-state index contributed by atoms with van der Waals surface area (Å²) in [4.78, 5) is 25.8. The Morgan fingerprint density at radius 1 is 1.45 bits per heavy atom. The van der Waals surface area contributed by atoms with Crippen LogP contribution in [0.25, 0.3) is 0 Å². The highest BCUT2D eigenvalue weighted by molar-refractivity contribution is 7.08. The number of rotatable bonds is 5. The number of likely N-dealkylation sites (tertiary alicyclic amines) is 1. The van der Waals surface area contributed by atoms with Gasteiger partial charge in [0, 0.05) is 43.0 Å². The zero-order chi connectivity index (χ0) is 14.4. The van der Waals surface area contributed by atoms with Gasteiger partial charge in [0.25, 0.3) is 5.91 Å². The maximum atomic E-state index is 12.2. The van der Waals surface area contributed by atoms with Crippen molar-refractivity contribution in [1.82, 2.24) is 10.2 Å². The largest absolute Gasteiger partial charge is 0.351 e. The van der Waals surface area contributed by atoms with E-state index in [-0.39, 0.29) is 17.9 Å². The van der Waals surface area contributed by atoms with Crippen LogP contribution in [0, 0.1) is 0 Å². The molecule has 1 atom stereocenters. The molecule has 2 heterocycles. The first-order valence-corrected chi connectivity index (χ1v) is 7.96. The number of nitrogens with zero attached hydrogens (tertiary/aromatic N) is 1. The summed E-state index contributed by atoms with van der Waals surface area (Å²) in [6.45, 7) is 1.69. The van der Waals surface area contributed by atoms with Crippen LogP contribution >= 0.6 is 11.3 Å². The molecule has 5 nitrogen and oxygen atoms in total. The summed E-state index contributed by atoms with van der Waals surface area (Å²) in [6, 6.07) is 1.94. The molecule has 1 aliphatic heterocycles. The van der Waals surface area contributed by atoms with Crippen LogP contribution in [0.4, 0.5) is 0 Å². The van der Waals surface area contributed by atoms with Gasteiger partial charge in [-0.3, -0.25) is 9.59 Å². The summed E-state index contributed by atoms with van der Waals surface area (Å²) >= 11 is 1.48. The molecule has 1 aromatic heterocycles. The molecule has 3 N–H and O–H groups in total. The molecule has 2 amide bonds. The van der Waals surface area contributed by atoms with Gasteiger partial charge >= 0.3 is 0 Å². The second-order valence-corrected chi connectivity index (χ2v) is 5.77. The van der Waals surface area contributed by atoms with Gasteiger partial charge in [-0.2, -0.15) is 11.3 Å². The Labute approximate surface area is 123 Å². The Morgan fingerprint density at radius 3 is 3.00 bits per heavy atom. The Bertz CT molecular complexity index is 447. The number of amides is 2. The van der Waals surface area contributed by atoms with Gasteiger partial charge in [-0.05, 0) is 30.7 Å². The Morgan fingerprint density at radius 2 is 2.30 bits per heavy atom. The lowest BCUT2D eigenvalue weighted by Crippen LogP contribution is -2.48. The van der Waals surface area contributed by atoms with Gasteiger partial charge in [-0.15, -0.1) is 0 Å². The van der Waals surface area contributed by atoms with Crippen molar-refractivity contribution in [2.75, 3.05) is 19.6 Å². The third-order valence-electron chi connectivity index (χ3n) is 3.63. The highest BCUT2D eigenvalue weighted by Gasteiger charge is 2.25. The van der Waals surface area contributed by atoms with E-state index >= 15 is 0 Å². The van der Waals surface area contributed by atoms with Gasteiger partial charge in [0.15, 0.2) is 0 Å². The van der Waals surface area contributed by atoms with Gasteiger partial charge in [0.2, 0.25) is 5.91 Å². The van der Waals surface area contributed by atoms with Crippen LogP contribution < -0.4 is 11.1 Å². The summed E-state index contributed by atoms with van der Waals surface area (Å²) in [7, 11) is 0. The van der Waals surface area contributed by atoms with Gasteiger partial charge in [0.05, 0.1) is 0 Å². The van der Waals surface area contributed by atoms with E-state index in [4.69, 9.17) is 5.73 Å². The minimum absolute atomic E-state index is 0.0887. The number of hydrogen-bond donors (Lipinski definition) is 2. The molecular formula is C14H21N3O2S. The fourth-order valence-corrected chi connectivity index (χ4v) is 3.13. The third-order valence-corrected chi connectivity index (χ3v) is 4.31. The zero-order valence-electron chi connectivity index (χ0n) is 11.5. The molecule has 0 aromatic carbocycles. The predicted molar refractivity (Wildman–Crippen MR) is 79.7 cm³/mol.